The summed E-state index contributed by atoms with van der Waals surface area (Å²) < 4.78 is 0. The summed E-state index contributed by atoms with van der Waals surface area (Å²) >= 11 is 0. The number of para-hydroxylation sites is 1. The third-order valence-corrected chi connectivity index (χ3v) is 2.43. The Kier molecular flexibility index (Phi) is 1.84. The monoisotopic (exact) mass is 193 g/mol. The van der Waals surface area contributed by atoms with Gasteiger partial charge >= 0.3 is 0 Å². The van der Waals surface area contributed by atoms with E-state index in [0.29, 0.717) is 0 Å². The summed E-state index contributed by atoms with van der Waals surface area (Å²) in [5.41, 5.74) is 0.563. The van der Waals surface area contributed by atoms with E-state index in [9.17, 15) is 5.11 Å². The van der Waals surface area contributed by atoms with E-state index < -0.39 is 5.91 Å². The molecule has 0 aliphatic carbocycles. The van der Waals surface area contributed by atoms with E-state index >= 15 is 0 Å². The van der Waals surface area contributed by atoms with Gasteiger partial charge in [0.15, 0.2) is 0 Å². The van der Waals surface area contributed by atoms with E-state index in [2.05, 4.69) is 0 Å². The molecule has 1 atom stereocenters. The minimum absolute atomic E-state index is 0.317. The second-order valence-corrected chi connectivity index (χ2v) is 4.58. The fourth-order valence-electron chi connectivity index (χ4n) is 1.34. The van der Waals surface area contributed by atoms with Gasteiger partial charge in [-0.15, -0.1) is 0 Å². The third kappa shape index (κ3) is 1.29. The standard InChI is InChI=1S/C11H15NO2/c1-10(2,3)11(13)12(14-11)9-7-5-4-6-8-9/h4-8,13H,1-3H3. The molecule has 0 amide bonds. The summed E-state index contributed by atoms with van der Waals surface area (Å²) in [6.45, 7) is 5.82. The summed E-state index contributed by atoms with van der Waals surface area (Å²) in [5, 5.41) is 11.6. The average molecular weight is 193 g/mol. The Morgan fingerprint density at radius 2 is 1.79 bits per heavy atom. The van der Waals surface area contributed by atoms with Crippen molar-refractivity contribution in [1.82, 2.24) is 0 Å². The molecular formula is C11H15NO2. The second kappa shape index (κ2) is 2.72. The summed E-state index contributed by atoms with van der Waals surface area (Å²) in [5.74, 6) is -1.16. The van der Waals surface area contributed by atoms with E-state index in [1.54, 1.807) is 0 Å². The van der Waals surface area contributed by atoms with Crippen LogP contribution in [0, 0.1) is 5.41 Å². The lowest BCUT2D eigenvalue weighted by atomic mass is 9.92. The molecule has 0 radical (unpaired) electrons. The Morgan fingerprint density at radius 1 is 1.21 bits per heavy atom. The van der Waals surface area contributed by atoms with Crippen molar-refractivity contribution in [3.63, 3.8) is 0 Å². The van der Waals surface area contributed by atoms with Crippen molar-refractivity contribution >= 4 is 5.69 Å². The van der Waals surface area contributed by atoms with E-state index in [0.717, 1.165) is 5.69 Å². The second-order valence-electron chi connectivity index (χ2n) is 4.58. The maximum absolute atomic E-state index is 10.1. The van der Waals surface area contributed by atoms with Crippen molar-refractivity contribution in [2.75, 3.05) is 5.06 Å². The Bertz CT molecular complexity index is 331. The zero-order chi connectivity index (χ0) is 10.4. The fraction of sp³-hybridized carbons (Fsp3) is 0.455. The highest BCUT2D eigenvalue weighted by atomic mass is 16.9. The number of hydrogen-bond donors (Lipinski definition) is 1. The van der Waals surface area contributed by atoms with Gasteiger partial charge < -0.3 is 5.11 Å². The molecule has 1 aromatic carbocycles. The minimum Gasteiger partial charge on any atom is -0.345 e. The minimum atomic E-state index is -1.16. The Hall–Kier alpha value is -1.06. The molecule has 1 aliphatic heterocycles. The van der Waals surface area contributed by atoms with Crippen LogP contribution in [0.15, 0.2) is 30.3 Å². The van der Waals surface area contributed by atoms with Gasteiger partial charge in [0.25, 0.3) is 5.91 Å². The largest absolute Gasteiger partial charge is 0.345 e. The van der Waals surface area contributed by atoms with Crippen molar-refractivity contribution in [3.05, 3.63) is 30.3 Å². The van der Waals surface area contributed by atoms with Crippen LogP contribution in [0.5, 0.6) is 0 Å². The van der Waals surface area contributed by atoms with Gasteiger partial charge in [-0.3, -0.25) is 0 Å². The lowest BCUT2D eigenvalue weighted by Gasteiger charge is -2.20. The highest BCUT2D eigenvalue weighted by Crippen LogP contribution is 2.48. The molecular weight excluding hydrogens is 178 g/mol. The summed E-state index contributed by atoms with van der Waals surface area (Å²) in [6.07, 6.45) is 0. The molecule has 0 bridgehead atoms. The van der Waals surface area contributed by atoms with Crippen LogP contribution >= 0.6 is 0 Å². The molecule has 1 aliphatic rings. The zero-order valence-electron chi connectivity index (χ0n) is 8.69. The molecule has 76 valence electrons. The summed E-state index contributed by atoms with van der Waals surface area (Å²) in [7, 11) is 0. The van der Waals surface area contributed by atoms with Crippen LogP contribution in [-0.4, -0.2) is 11.0 Å². The van der Waals surface area contributed by atoms with Gasteiger partial charge in [-0.25, -0.2) is 4.84 Å². The number of benzene rings is 1. The molecule has 0 spiro atoms. The van der Waals surface area contributed by atoms with E-state index in [-0.39, 0.29) is 5.41 Å². The van der Waals surface area contributed by atoms with Crippen LogP contribution in [0.25, 0.3) is 0 Å². The highest BCUT2D eigenvalue weighted by Gasteiger charge is 2.62. The first-order valence-electron chi connectivity index (χ1n) is 4.72. The number of hydroxylamine groups is 1. The predicted molar refractivity (Wildman–Crippen MR) is 54.4 cm³/mol. The number of aliphatic hydroxyl groups is 1. The van der Waals surface area contributed by atoms with E-state index in [1.165, 1.54) is 5.06 Å². The molecule has 1 saturated heterocycles. The van der Waals surface area contributed by atoms with Crippen LogP contribution in [0.3, 0.4) is 0 Å². The van der Waals surface area contributed by atoms with Crippen LogP contribution in [0.4, 0.5) is 5.69 Å². The topological polar surface area (TPSA) is 35.8 Å². The molecule has 3 nitrogen and oxygen atoms in total. The molecule has 14 heavy (non-hydrogen) atoms. The van der Waals surface area contributed by atoms with Gasteiger partial charge in [0, 0.05) is 5.41 Å². The Balaban J connectivity index is 2.21. The van der Waals surface area contributed by atoms with Crippen molar-refractivity contribution in [2.24, 2.45) is 5.41 Å². The van der Waals surface area contributed by atoms with Gasteiger partial charge in [0.1, 0.15) is 0 Å². The van der Waals surface area contributed by atoms with Crippen molar-refractivity contribution in [1.29, 1.82) is 0 Å². The number of hydrogen-bond acceptors (Lipinski definition) is 3. The Labute approximate surface area is 83.9 Å². The van der Waals surface area contributed by atoms with Crippen LogP contribution < -0.4 is 5.06 Å². The van der Waals surface area contributed by atoms with Gasteiger partial charge in [0.2, 0.25) is 0 Å². The highest BCUT2D eigenvalue weighted by molar-refractivity contribution is 5.49. The van der Waals surface area contributed by atoms with E-state index in [4.69, 9.17) is 4.84 Å². The summed E-state index contributed by atoms with van der Waals surface area (Å²) in [4.78, 5) is 5.24. The third-order valence-electron chi connectivity index (χ3n) is 2.43. The molecule has 3 heteroatoms. The molecule has 1 fully saturated rings. The Morgan fingerprint density at radius 3 is 2.21 bits per heavy atom. The first-order chi connectivity index (χ1) is 6.45. The quantitative estimate of drug-likeness (QED) is 0.694. The van der Waals surface area contributed by atoms with Gasteiger partial charge in [0.05, 0.1) is 5.69 Å². The number of rotatable bonds is 1. The normalized spacial score (nSPS) is 26.4. The van der Waals surface area contributed by atoms with E-state index in [1.807, 2.05) is 51.1 Å². The van der Waals surface area contributed by atoms with Gasteiger partial charge in [-0.2, -0.15) is 5.06 Å². The molecule has 1 heterocycles. The SMILES string of the molecule is CC(C)(C)C1(O)ON1c1ccccc1. The van der Waals surface area contributed by atoms with Crippen LogP contribution in [-0.2, 0) is 4.84 Å². The lowest BCUT2D eigenvalue weighted by Crippen LogP contribution is -2.34. The molecule has 0 aromatic heterocycles. The molecule has 1 N–H and O–H groups in total. The van der Waals surface area contributed by atoms with Crippen molar-refractivity contribution in [3.8, 4) is 0 Å². The van der Waals surface area contributed by atoms with Crippen molar-refractivity contribution in [2.45, 2.75) is 26.7 Å². The van der Waals surface area contributed by atoms with Crippen LogP contribution in [0.1, 0.15) is 20.8 Å². The number of nitrogens with zero attached hydrogens (tertiary/aromatic N) is 1. The maximum Gasteiger partial charge on any atom is 0.299 e. The van der Waals surface area contributed by atoms with Crippen molar-refractivity contribution < 1.29 is 9.94 Å². The maximum atomic E-state index is 10.1. The van der Waals surface area contributed by atoms with Gasteiger partial charge in [-0.05, 0) is 12.1 Å². The van der Waals surface area contributed by atoms with Gasteiger partial charge in [-0.1, -0.05) is 39.0 Å². The first-order valence-corrected chi connectivity index (χ1v) is 4.72. The molecule has 1 unspecified atom stereocenters. The zero-order valence-corrected chi connectivity index (χ0v) is 8.69. The average Bonchev–Trinajstić information content (AvgIpc) is 2.80. The smallest absolute Gasteiger partial charge is 0.299 e. The molecule has 0 saturated carbocycles. The molecule has 1 aromatic rings. The first kappa shape index (κ1) is 9.49. The van der Waals surface area contributed by atoms with Crippen LogP contribution in [0.2, 0.25) is 0 Å². The fourth-order valence-corrected chi connectivity index (χ4v) is 1.34. The lowest BCUT2D eigenvalue weighted by molar-refractivity contribution is -0.0535. The predicted octanol–water partition coefficient (Wildman–Crippen LogP) is 2.13. The number of anilines is 1. The molecule has 2 rings (SSSR count). The summed E-state index contributed by atoms with van der Waals surface area (Å²) in [6, 6.07) is 9.58.